The lowest BCUT2D eigenvalue weighted by Gasteiger charge is -2.23. The maximum absolute atomic E-state index is 12.6. The van der Waals surface area contributed by atoms with Crippen molar-refractivity contribution in [1.82, 2.24) is 10.2 Å². The van der Waals surface area contributed by atoms with Crippen molar-refractivity contribution in [3.05, 3.63) is 35.4 Å². The van der Waals surface area contributed by atoms with E-state index in [1.54, 1.807) is 6.92 Å². The molecule has 1 atom stereocenters. The topological polar surface area (TPSA) is 49.4 Å². The highest BCUT2D eigenvalue weighted by Gasteiger charge is 2.48. The summed E-state index contributed by atoms with van der Waals surface area (Å²) >= 11 is 0. The van der Waals surface area contributed by atoms with E-state index in [4.69, 9.17) is 0 Å². The summed E-state index contributed by atoms with van der Waals surface area (Å²) in [7, 11) is 0. The Morgan fingerprint density at radius 1 is 1.10 bits per heavy atom. The number of benzene rings is 1. The second kappa shape index (κ2) is 5.51. The quantitative estimate of drug-likeness (QED) is 0.865. The second-order valence-electron chi connectivity index (χ2n) is 6.64. The van der Waals surface area contributed by atoms with Crippen LogP contribution in [0.5, 0.6) is 0 Å². The van der Waals surface area contributed by atoms with E-state index < -0.39 is 5.54 Å². The molecule has 1 aliphatic heterocycles. The molecule has 1 aliphatic rings. The van der Waals surface area contributed by atoms with Crippen molar-refractivity contribution in [2.45, 2.75) is 46.1 Å². The van der Waals surface area contributed by atoms with Crippen LogP contribution in [0.15, 0.2) is 24.3 Å². The molecule has 114 valence electrons. The van der Waals surface area contributed by atoms with Gasteiger partial charge in [-0.05, 0) is 29.9 Å². The van der Waals surface area contributed by atoms with Gasteiger partial charge in [0, 0.05) is 6.54 Å². The van der Waals surface area contributed by atoms with Crippen LogP contribution in [0.4, 0.5) is 4.79 Å². The van der Waals surface area contributed by atoms with Crippen molar-refractivity contribution in [2.24, 2.45) is 5.92 Å². The van der Waals surface area contributed by atoms with Gasteiger partial charge in [0.25, 0.3) is 5.91 Å². The van der Waals surface area contributed by atoms with Gasteiger partial charge in [-0.3, -0.25) is 9.69 Å². The van der Waals surface area contributed by atoms with E-state index in [9.17, 15) is 9.59 Å². The van der Waals surface area contributed by atoms with Crippen LogP contribution in [-0.4, -0.2) is 23.4 Å². The van der Waals surface area contributed by atoms with Crippen LogP contribution in [0.25, 0.3) is 0 Å². The Hall–Kier alpha value is -1.84. The molecule has 0 bridgehead atoms. The molecule has 0 spiro atoms. The van der Waals surface area contributed by atoms with E-state index >= 15 is 0 Å². The zero-order valence-electron chi connectivity index (χ0n) is 13.4. The summed E-state index contributed by atoms with van der Waals surface area (Å²) in [6, 6.07) is 7.62. The van der Waals surface area contributed by atoms with Gasteiger partial charge in [0.15, 0.2) is 0 Å². The molecule has 21 heavy (non-hydrogen) atoms. The standard InChI is InChI=1S/C17H24N2O2/c1-11(2)10-19-15(20)17(5,18-16(19)21)14-8-6-13(7-9-14)12(3)4/h6-9,11-12H,10H2,1-5H3,(H,18,21)/t17-/m1/s1. The fourth-order valence-corrected chi connectivity index (χ4v) is 2.62. The van der Waals surface area contributed by atoms with Gasteiger partial charge in [-0.25, -0.2) is 4.79 Å². The van der Waals surface area contributed by atoms with Crippen molar-refractivity contribution in [3.63, 3.8) is 0 Å². The molecular weight excluding hydrogens is 264 g/mol. The molecule has 1 heterocycles. The lowest BCUT2D eigenvalue weighted by atomic mass is 9.90. The van der Waals surface area contributed by atoms with E-state index in [1.807, 2.05) is 38.1 Å². The Morgan fingerprint density at radius 3 is 2.14 bits per heavy atom. The predicted octanol–water partition coefficient (Wildman–Crippen LogP) is 3.23. The SMILES string of the molecule is CC(C)CN1C(=O)N[C@](C)(c2ccc(C(C)C)cc2)C1=O. The summed E-state index contributed by atoms with van der Waals surface area (Å²) < 4.78 is 0. The van der Waals surface area contributed by atoms with Crippen molar-refractivity contribution in [3.8, 4) is 0 Å². The van der Waals surface area contributed by atoms with Gasteiger partial charge in [-0.2, -0.15) is 0 Å². The van der Waals surface area contributed by atoms with E-state index in [0.717, 1.165) is 5.56 Å². The van der Waals surface area contributed by atoms with Crippen molar-refractivity contribution >= 4 is 11.9 Å². The Balaban J connectivity index is 2.30. The van der Waals surface area contributed by atoms with Gasteiger partial charge in [0.1, 0.15) is 5.54 Å². The average molecular weight is 288 g/mol. The van der Waals surface area contributed by atoms with Gasteiger partial charge in [-0.15, -0.1) is 0 Å². The fraction of sp³-hybridized carbons (Fsp3) is 0.529. The number of hydrogen-bond donors (Lipinski definition) is 1. The van der Waals surface area contributed by atoms with Crippen LogP contribution < -0.4 is 5.32 Å². The summed E-state index contributed by atoms with van der Waals surface area (Å²) in [4.78, 5) is 26.0. The van der Waals surface area contributed by atoms with Crippen LogP contribution >= 0.6 is 0 Å². The van der Waals surface area contributed by atoms with Crippen molar-refractivity contribution in [2.75, 3.05) is 6.54 Å². The van der Waals surface area contributed by atoms with Gasteiger partial charge < -0.3 is 5.32 Å². The van der Waals surface area contributed by atoms with Crippen LogP contribution in [0.3, 0.4) is 0 Å². The molecule has 4 nitrogen and oxygen atoms in total. The zero-order valence-corrected chi connectivity index (χ0v) is 13.4. The number of amides is 3. The lowest BCUT2D eigenvalue weighted by molar-refractivity contribution is -0.131. The van der Waals surface area contributed by atoms with Gasteiger partial charge in [0.2, 0.25) is 0 Å². The highest BCUT2D eigenvalue weighted by atomic mass is 16.2. The highest BCUT2D eigenvalue weighted by molar-refractivity contribution is 6.07. The number of carbonyl (C=O) groups excluding carboxylic acids is 2. The lowest BCUT2D eigenvalue weighted by Crippen LogP contribution is -2.41. The molecule has 0 aliphatic carbocycles. The summed E-state index contributed by atoms with van der Waals surface area (Å²) in [5.41, 5.74) is 1.09. The molecule has 0 saturated carbocycles. The van der Waals surface area contributed by atoms with Crippen molar-refractivity contribution in [1.29, 1.82) is 0 Å². The number of urea groups is 1. The fourth-order valence-electron chi connectivity index (χ4n) is 2.62. The van der Waals surface area contributed by atoms with E-state index in [-0.39, 0.29) is 17.9 Å². The van der Waals surface area contributed by atoms with Crippen LogP contribution in [-0.2, 0) is 10.3 Å². The Labute approximate surface area is 126 Å². The maximum atomic E-state index is 12.6. The molecule has 0 aromatic heterocycles. The molecular formula is C17H24N2O2. The minimum Gasteiger partial charge on any atom is -0.319 e. The first kappa shape index (κ1) is 15.5. The van der Waals surface area contributed by atoms with E-state index in [2.05, 4.69) is 19.2 Å². The molecule has 1 aromatic rings. The van der Waals surface area contributed by atoms with Crippen LogP contribution in [0.1, 0.15) is 51.7 Å². The second-order valence-corrected chi connectivity index (χ2v) is 6.64. The summed E-state index contributed by atoms with van der Waals surface area (Å²) in [5, 5.41) is 2.84. The first-order valence-corrected chi connectivity index (χ1v) is 7.50. The smallest absolute Gasteiger partial charge is 0.319 e. The maximum Gasteiger partial charge on any atom is 0.325 e. The zero-order chi connectivity index (χ0) is 15.8. The minimum atomic E-state index is -0.957. The summed E-state index contributed by atoms with van der Waals surface area (Å²) in [6.07, 6.45) is 0. The normalized spacial score (nSPS) is 22.3. The van der Waals surface area contributed by atoms with Gasteiger partial charge >= 0.3 is 6.03 Å². The number of hydrogen-bond acceptors (Lipinski definition) is 2. The van der Waals surface area contributed by atoms with Crippen LogP contribution in [0.2, 0.25) is 0 Å². The third kappa shape index (κ3) is 2.80. The minimum absolute atomic E-state index is 0.168. The molecule has 1 N–H and O–H groups in total. The van der Waals surface area contributed by atoms with Gasteiger partial charge in [0.05, 0.1) is 0 Å². The van der Waals surface area contributed by atoms with Crippen molar-refractivity contribution < 1.29 is 9.59 Å². The molecule has 3 amide bonds. The first-order valence-electron chi connectivity index (χ1n) is 7.50. The summed E-state index contributed by atoms with van der Waals surface area (Å²) in [6.45, 7) is 10.5. The largest absolute Gasteiger partial charge is 0.325 e. The number of nitrogens with zero attached hydrogens (tertiary/aromatic N) is 1. The monoisotopic (exact) mass is 288 g/mol. The molecule has 0 radical (unpaired) electrons. The molecule has 1 aromatic carbocycles. The van der Waals surface area contributed by atoms with Gasteiger partial charge in [-0.1, -0.05) is 52.0 Å². The first-order chi connectivity index (χ1) is 9.75. The average Bonchev–Trinajstić information content (AvgIpc) is 2.63. The number of rotatable bonds is 4. The Kier molecular flexibility index (Phi) is 4.08. The molecule has 1 saturated heterocycles. The van der Waals surface area contributed by atoms with E-state index in [1.165, 1.54) is 10.5 Å². The van der Waals surface area contributed by atoms with Crippen LogP contribution in [0, 0.1) is 5.92 Å². The third-order valence-electron chi connectivity index (χ3n) is 3.98. The molecule has 0 unspecified atom stereocenters. The number of imide groups is 1. The Bertz CT molecular complexity index is 548. The number of carbonyl (C=O) groups is 2. The Morgan fingerprint density at radius 2 is 1.67 bits per heavy atom. The number of nitrogens with one attached hydrogen (secondary N) is 1. The third-order valence-corrected chi connectivity index (χ3v) is 3.98. The summed E-state index contributed by atoms with van der Waals surface area (Å²) in [5.74, 6) is 0.530. The van der Waals surface area contributed by atoms with E-state index in [0.29, 0.717) is 12.5 Å². The molecule has 1 fully saturated rings. The predicted molar refractivity (Wildman–Crippen MR) is 83.0 cm³/mol. The molecule has 4 heteroatoms. The highest BCUT2D eigenvalue weighted by Crippen LogP contribution is 2.30. The molecule has 2 rings (SSSR count).